The summed E-state index contributed by atoms with van der Waals surface area (Å²) in [5.74, 6) is -0.156. The lowest BCUT2D eigenvalue weighted by Crippen LogP contribution is -2.10. The van der Waals surface area contributed by atoms with Gasteiger partial charge in [-0.15, -0.1) is 0 Å². The van der Waals surface area contributed by atoms with E-state index < -0.39 is 10.0 Å². The van der Waals surface area contributed by atoms with Gasteiger partial charge in [0.25, 0.3) is 0 Å². The number of allylic oxidation sites excluding steroid dienone is 1. The molecule has 0 aliphatic carbocycles. The number of rotatable bonds is 6. The van der Waals surface area contributed by atoms with E-state index in [-0.39, 0.29) is 12.2 Å². The van der Waals surface area contributed by atoms with Gasteiger partial charge < -0.3 is 0 Å². The summed E-state index contributed by atoms with van der Waals surface area (Å²) in [4.78, 5) is 20.7. The average Bonchev–Trinajstić information content (AvgIpc) is 2.59. The monoisotopic (exact) mass is 367 g/mol. The number of ketones is 1. The van der Waals surface area contributed by atoms with Crippen LogP contribution in [-0.2, 0) is 21.2 Å². The maximum absolute atomic E-state index is 11.7. The van der Waals surface area contributed by atoms with Crippen LogP contribution in [0.1, 0.15) is 5.56 Å². The van der Waals surface area contributed by atoms with E-state index in [1.807, 2.05) is 24.3 Å². The molecule has 3 aromatic rings. The zero-order valence-corrected chi connectivity index (χ0v) is 15.0. The third-order valence-corrected chi connectivity index (χ3v) is 4.25. The molecule has 0 atom stereocenters. The van der Waals surface area contributed by atoms with Gasteiger partial charge in [0, 0.05) is 17.7 Å². The van der Waals surface area contributed by atoms with Crippen molar-refractivity contribution in [2.45, 2.75) is 6.42 Å². The molecular weight excluding hydrogens is 350 g/mol. The first-order valence-electron chi connectivity index (χ1n) is 7.83. The number of hydrogen-bond acceptors (Lipinski definition) is 5. The Morgan fingerprint density at radius 1 is 1.19 bits per heavy atom. The van der Waals surface area contributed by atoms with Gasteiger partial charge in [-0.3, -0.25) is 14.5 Å². The van der Waals surface area contributed by atoms with Crippen molar-refractivity contribution < 1.29 is 13.2 Å². The highest BCUT2D eigenvalue weighted by Gasteiger charge is 2.10. The van der Waals surface area contributed by atoms with Crippen molar-refractivity contribution in [1.29, 1.82) is 0 Å². The van der Waals surface area contributed by atoms with Crippen LogP contribution >= 0.6 is 0 Å². The van der Waals surface area contributed by atoms with E-state index in [4.69, 9.17) is 0 Å². The summed E-state index contributed by atoms with van der Waals surface area (Å²) in [5, 5.41) is 0. The first-order chi connectivity index (χ1) is 12.3. The minimum absolute atomic E-state index is 0.122. The minimum Gasteiger partial charge on any atom is -0.295 e. The maximum atomic E-state index is 11.7. The molecule has 0 saturated carbocycles. The van der Waals surface area contributed by atoms with Crippen LogP contribution in [0.15, 0.2) is 61.3 Å². The molecule has 1 N–H and O–H groups in total. The maximum Gasteiger partial charge on any atom is 0.229 e. The third-order valence-electron chi connectivity index (χ3n) is 3.65. The largest absolute Gasteiger partial charge is 0.295 e. The van der Waals surface area contributed by atoms with E-state index in [0.29, 0.717) is 22.5 Å². The molecule has 0 aliphatic rings. The molecule has 0 bridgehead atoms. The molecule has 0 saturated heterocycles. The number of aromatic nitrogens is 2. The number of sulfonamides is 1. The number of carbonyl (C=O) groups excluding carboxylic acids is 1. The van der Waals surface area contributed by atoms with Crippen LogP contribution in [0.25, 0.3) is 22.3 Å². The normalized spacial score (nSPS) is 11.3. The van der Waals surface area contributed by atoms with Gasteiger partial charge in [-0.25, -0.2) is 13.4 Å². The molecule has 1 aromatic heterocycles. The summed E-state index contributed by atoms with van der Waals surface area (Å²) in [6, 6.07) is 12.6. The zero-order chi connectivity index (χ0) is 18.7. The Balaban J connectivity index is 2.10. The Labute approximate surface area is 151 Å². The topological polar surface area (TPSA) is 89.0 Å². The molecule has 6 nitrogen and oxygen atoms in total. The first kappa shape index (κ1) is 17.8. The lowest BCUT2D eigenvalue weighted by Gasteiger charge is -2.10. The van der Waals surface area contributed by atoms with Crippen LogP contribution < -0.4 is 4.72 Å². The van der Waals surface area contributed by atoms with Crippen molar-refractivity contribution in [3.63, 3.8) is 0 Å². The molecule has 0 aliphatic heterocycles. The molecule has 3 rings (SSSR count). The highest BCUT2D eigenvalue weighted by molar-refractivity contribution is 7.92. The molecular formula is C19H17N3O3S. The Bertz CT molecular complexity index is 1110. The number of nitrogens with one attached hydrogen (secondary N) is 1. The second kappa shape index (κ2) is 7.05. The standard InChI is InChI=1S/C19H17N3O3S/c1-3-16(23)10-13-8-14(11-15(9-13)22-26(2,24)25)19-12-20-17-6-4-5-7-18(17)21-19/h3-9,11-12,22H,1,10H2,2H3. The van der Waals surface area contributed by atoms with Crippen molar-refractivity contribution in [3.05, 3.63) is 66.9 Å². The Kier molecular flexibility index (Phi) is 4.81. The summed E-state index contributed by atoms with van der Waals surface area (Å²) >= 11 is 0. The zero-order valence-electron chi connectivity index (χ0n) is 14.1. The van der Waals surface area contributed by atoms with Crippen molar-refractivity contribution in [2.75, 3.05) is 11.0 Å². The van der Waals surface area contributed by atoms with Crippen LogP contribution in [0.2, 0.25) is 0 Å². The average molecular weight is 367 g/mol. The number of benzene rings is 2. The minimum atomic E-state index is -3.45. The van der Waals surface area contributed by atoms with E-state index in [9.17, 15) is 13.2 Å². The number of carbonyl (C=O) groups is 1. The molecule has 26 heavy (non-hydrogen) atoms. The molecule has 0 fully saturated rings. The van der Waals surface area contributed by atoms with E-state index in [0.717, 1.165) is 17.3 Å². The fourth-order valence-corrected chi connectivity index (χ4v) is 3.13. The molecule has 1 heterocycles. The van der Waals surface area contributed by atoms with Gasteiger partial charge >= 0.3 is 0 Å². The molecule has 0 unspecified atom stereocenters. The third kappa shape index (κ3) is 4.31. The fourth-order valence-electron chi connectivity index (χ4n) is 2.58. The predicted octanol–water partition coefficient (Wildman–Crippen LogP) is 2.97. The second-order valence-electron chi connectivity index (χ2n) is 5.88. The second-order valence-corrected chi connectivity index (χ2v) is 7.63. The summed E-state index contributed by atoms with van der Waals surface area (Å²) in [6.07, 6.45) is 4.06. The number of para-hydroxylation sites is 2. The molecule has 7 heteroatoms. The Morgan fingerprint density at radius 3 is 2.62 bits per heavy atom. The first-order valence-corrected chi connectivity index (χ1v) is 9.72. The molecule has 0 spiro atoms. The number of hydrogen-bond donors (Lipinski definition) is 1. The van der Waals surface area contributed by atoms with Crippen LogP contribution in [0.5, 0.6) is 0 Å². The summed E-state index contributed by atoms with van der Waals surface area (Å²) in [6.45, 7) is 3.47. The van der Waals surface area contributed by atoms with Crippen LogP contribution in [0.3, 0.4) is 0 Å². The summed E-state index contributed by atoms with van der Waals surface area (Å²) < 4.78 is 25.6. The smallest absolute Gasteiger partial charge is 0.229 e. The fraction of sp³-hybridized carbons (Fsp3) is 0.105. The summed E-state index contributed by atoms with van der Waals surface area (Å²) in [5.41, 5.74) is 3.79. The Morgan fingerprint density at radius 2 is 1.92 bits per heavy atom. The van der Waals surface area contributed by atoms with Gasteiger partial charge in [0.2, 0.25) is 10.0 Å². The quantitative estimate of drug-likeness (QED) is 0.677. The van der Waals surface area contributed by atoms with E-state index in [1.54, 1.807) is 24.4 Å². The number of anilines is 1. The molecule has 0 amide bonds. The number of fused-ring (bicyclic) bond motifs is 1. The van der Waals surface area contributed by atoms with E-state index in [1.165, 1.54) is 6.08 Å². The van der Waals surface area contributed by atoms with Crippen molar-refractivity contribution in [1.82, 2.24) is 9.97 Å². The number of nitrogens with zero attached hydrogens (tertiary/aromatic N) is 2. The molecule has 132 valence electrons. The van der Waals surface area contributed by atoms with Gasteiger partial charge in [-0.05, 0) is 42.0 Å². The highest BCUT2D eigenvalue weighted by Crippen LogP contribution is 2.25. The van der Waals surface area contributed by atoms with Crippen LogP contribution in [0, 0.1) is 0 Å². The lowest BCUT2D eigenvalue weighted by molar-refractivity contribution is -0.114. The van der Waals surface area contributed by atoms with Gasteiger partial charge in [0.05, 0.1) is 29.2 Å². The van der Waals surface area contributed by atoms with Gasteiger partial charge in [0.1, 0.15) is 0 Å². The summed E-state index contributed by atoms with van der Waals surface area (Å²) in [7, 11) is -3.45. The van der Waals surface area contributed by atoms with Gasteiger partial charge in [-0.1, -0.05) is 18.7 Å². The lowest BCUT2D eigenvalue weighted by atomic mass is 10.0. The van der Waals surface area contributed by atoms with E-state index in [2.05, 4.69) is 21.3 Å². The molecule has 2 aromatic carbocycles. The van der Waals surface area contributed by atoms with Crippen molar-refractivity contribution in [2.24, 2.45) is 0 Å². The predicted molar refractivity (Wildman–Crippen MR) is 102 cm³/mol. The SMILES string of the molecule is C=CC(=O)Cc1cc(NS(C)(=O)=O)cc(-c2cnc3ccccc3n2)c1. The van der Waals surface area contributed by atoms with E-state index >= 15 is 0 Å². The van der Waals surface area contributed by atoms with Crippen molar-refractivity contribution >= 4 is 32.5 Å². The van der Waals surface area contributed by atoms with Crippen LogP contribution in [0.4, 0.5) is 5.69 Å². The highest BCUT2D eigenvalue weighted by atomic mass is 32.2. The Hall–Kier alpha value is -3.06. The van der Waals surface area contributed by atoms with Crippen LogP contribution in [-0.4, -0.2) is 30.4 Å². The molecule has 0 radical (unpaired) electrons. The van der Waals surface area contributed by atoms with Gasteiger partial charge in [-0.2, -0.15) is 0 Å². The van der Waals surface area contributed by atoms with Gasteiger partial charge in [0.15, 0.2) is 5.78 Å². The van der Waals surface area contributed by atoms with Crippen molar-refractivity contribution in [3.8, 4) is 11.3 Å².